The SMILES string of the molecule is COC(CN)C(=O)NC(CC(C)C)C(=O)N(C)C. The van der Waals surface area contributed by atoms with E-state index in [2.05, 4.69) is 5.32 Å². The Morgan fingerprint density at radius 1 is 1.33 bits per heavy atom. The van der Waals surface area contributed by atoms with Crippen molar-refractivity contribution in [3.05, 3.63) is 0 Å². The zero-order chi connectivity index (χ0) is 14.3. The van der Waals surface area contributed by atoms with Gasteiger partial charge in [-0.1, -0.05) is 13.8 Å². The Labute approximate surface area is 109 Å². The van der Waals surface area contributed by atoms with Crippen LogP contribution < -0.4 is 11.1 Å². The Hall–Kier alpha value is -1.14. The number of carbonyl (C=O) groups excluding carboxylic acids is 2. The first kappa shape index (κ1) is 16.9. The van der Waals surface area contributed by atoms with E-state index in [1.54, 1.807) is 14.1 Å². The molecule has 6 nitrogen and oxygen atoms in total. The molecule has 0 aromatic rings. The summed E-state index contributed by atoms with van der Waals surface area (Å²) in [5, 5.41) is 2.70. The van der Waals surface area contributed by atoms with Crippen LogP contribution in [0.25, 0.3) is 0 Å². The maximum absolute atomic E-state index is 12.0. The summed E-state index contributed by atoms with van der Waals surface area (Å²) in [7, 11) is 4.75. The largest absolute Gasteiger partial charge is 0.370 e. The Morgan fingerprint density at radius 2 is 1.89 bits per heavy atom. The zero-order valence-corrected chi connectivity index (χ0v) is 11.9. The molecule has 0 saturated carbocycles. The summed E-state index contributed by atoms with van der Waals surface area (Å²) in [5.41, 5.74) is 5.42. The molecule has 0 heterocycles. The Bertz CT molecular complexity index is 276. The molecule has 0 spiro atoms. The number of nitrogens with one attached hydrogen (secondary N) is 1. The first-order chi connectivity index (χ1) is 8.33. The summed E-state index contributed by atoms with van der Waals surface area (Å²) in [6, 6.07) is -0.531. The minimum absolute atomic E-state index is 0.0902. The molecular formula is C12H25N3O3. The van der Waals surface area contributed by atoms with Gasteiger partial charge in [0.25, 0.3) is 5.91 Å². The van der Waals surface area contributed by atoms with E-state index in [1.807, 2.05) is 13.8 Å². The lowest BCUT2D eigenvalue weighted by Gasteiger charge is -2.24. The lowest BCUT2D eigenvalue weighted by molar-refractivity contribution is -0.138. The molecule has 0 aliphatic rings. The summed E-state index contributed by atoms with van der Waals surface area (Å²) in [6.45, 7) is 4.09. The summed E-state index contributed by atoms with van der Waals surface area (Å²) in [5.74, 6) is -0.164. The molecule has 6 heteroatoms. The lowest BCUT2D eigenvalue weighted by Crippen LogP contribution is -2.51. The topological polar surface area (TPSA) is 84.7 Å². The molecule has 0 fully saturated rings. The van der Waals surface area contributed by atoms with Gasteiger partial charge in [0.15, 0.2) is 0 Å². The van der Waals surface area contributed by atoms with Gasteiger partial charge >= 0.3 is 0 Å². The van der Waals surface area contributed by atoms with E-state index in [1.165, 1.54) is 12.0 Å². The molecule has 0 aliphatic carbocycles. The Kier molecular flexibility index (Phi) is 7.54. The van der Waals surface area contributed by atoms with Crippen molar-refractivity contribution in [3.63, 3.8) is 0 Å². The third-order valence-corrected chi connectivity index (χ3v) is 2.55. The second-order valence-corrected chi connectivity index (χ2v) is 4.88. The van der Waals surface area contributed by atoms with Gasteiger partial charge in [-0.3, -0.25) is 9.59 Å². The third-order valence-electron chi connectivity index (χ3n) is 2.55. The fourth-order valence-corrected chi connectivity index (χ4v) is 1.58. The van der Waals surface area contributed by atoms with E-state index in [0.717, 1.165) is 0 Å². The number of carbonyl (C=O) groups is 2. The Balaban J connectivity index is 4.68. The number of hydrogen-bond acceptors (Lipinski definition) is 4. The number of nitrogens with zero attached hydrogens (tertiary/aromatic N) is 1. The van der Waals surface area contributed by atoms with E-state index in [0.29, 0.717) is 12.3 Å². The van der Waals surface area contributed by atoms with Crippen LogP contribution in [0, 0.1) is 5.92 Å². The van der Waals surface area contributed by atoms with Gasteiger partial charge in [-0.05, 0) is 12.3 Å². The maximum Gasteiger partial charge on any atom is 0.251 e. The van der Waals surface area contributed by atoms with Gasteiger partial charge in [0.05, 0.1) is 0 Å². The number of rotatable bonds is 7. The summed E-state index contributed by atoms with van der Waals surface area (Å²) >= 11 is 0. The number of nitrogens with two attached hydrogens (primary N) is 1. The highest BCUT2D eigenvalue weighted by Crippen LogP contribution is 2.07. The molecule has 0 bridgehead atoms. The Morgan fingerprint density at radius 3 is 2.22 bits per heavy atom. The molecule has 2 unspecified atom stereocenters. The average molecular weight is 259 g/mol. The van der Waals surface area contributed by atoms with Crippen LogP contribution in [-0.4, -0.2) is 56.6 Å². The molecule has 2 amide bonds. The van der Waals surface area contributed by atoms with Gasteiger partial charge < -0.3 is 20.7 Å². The predicted octanol–water partition coefficient (Wildman–Crippen LogP) is -0.421. The second-order valence-electron chi connectivity index (χ2n) is 4.88. The van der Waals surface area contributed by atoms with Crippen molar-refractivity contribution in [1.29, 1.82) is 0 Å². The van der Waals surface area contributed by atoms with Crippen LogP contribution in [0.2, 0.25) is 0 Å². The van der Waals surface area contributed by atoms with Gasteiger partial charge in [-0.25, -0.2) is 0 Å². The summed E-state index contributed by atoms with van der Waals surface area (Å²) in [4.78, 5) is 25.3. The highest BCUT2D eigenvalue weighted by Gasteiger charge is 2.26. The highest BCUT2D eigenvalue weighted by atomic mass is 16.5. The van der Waals surface area contributed by atoms with Crippen molar-refractivity contribution in [3.8, 4) is 0 Å². The van der Waals surface area contributed by atoms with E-state index in [9.17, 15) is 9.59 Å². The summed E-state index contributed by atoms with van der Waals surface area (Å²) in [6.07, 6.45) is -0.126. The van der Waals surface area contributed by atoms with Crippen LogP contribution in [0.3, 0.4) is 0 Å². The normalized spacial score (nSPS) is 14.2. The fraction of sp³-hybridized carbons (Fsp3) is 0.833. The average Bonchev–Trinajstić information content (AvgIpc) is 2.28. The first-order valence-electron chi connectivity index (χ1n) is 6.07. The summed E-state index contributed by atoms with van der Waals surface area (Å²) < 4.78 is 4.95. The number of hydrogen-bond donors (Lipinski definition) is 2. The van der Waals surface area contributed by atoms with Crippen molar-refractivity contribution in [1.82, 2.24) is 10.2 Å². The van der Waals surface area contributed by atoms with Crippen molar-refractivity contribution in [2.24, 2.45) is 11.7 Å². The first-order valence-corrected chi connectivity index (χ1v) is 6.07. The molecule has 2 atom stereocenters. The highest BCUT2D eigenvalue weighted by molar-refractivity contribution is 5.89. The van der Waals surface area contributed by atoms with Crippen molar-refractivity contribution < 1.29 is 14.3 Å². The quantitative estimate of drug-likeness (QED) is 0.650. The van der Waals surface area contributed by atoms with Crippen LogP contribution in [0.5, 0.6) is 0 Å². The standard InChI is InChI=1S/C12H25N3O3/c1-8(2)6-9(12(17)15(3)4)14-11(16)10(7-13)18-5/h8-10H,6-7,13H2,1-5H3,(H,14,16). The van der Waals surface area contributed by atoms with E-state index in [4.69, 9.17) is 10.5 Å². The van der Waals surface area contributed by atoms with Gasteiger partial charge in [-0.2, -0.15) is 0 Å². The van der Waals surface area contributed by atoms with Gasteiger partial charge in [-0.15, -0.1) is 0 Å². The number of likely N-dealkylation sites (N-methyl/N-ethyl adjacent to an activating group) is 1. The van der Waals surface area contributed by atoms with Crippen molar-refractivity contribution in [2.45, 2.75) is 32.4 Å². The number of methoxy groups -OCH3 is 1. The van der Waals surface area contributed by atoms with Crippen molar-refractivity contribution >= 4 is 11.8 Å². The predicted molar refractivity (Wildman–Crippen MR) is 69.9 cm³/mol. The number of amides is 2. The van der Waals surface area contributed by atoms with Crippen LogP contribution in [-0.2, 0) is 14.3 Å². The van der Waals surface area contributed by atoms with Gasteiger partial charge in [0.1, 0.15) is 12.1 Å². The van der Waals surface area contributed by atoms with Crippen LogP contribution in [0.15, 0.2) is 0 Å². The van der Waals surface area contributed by atoms with Gasteiger partial charge in [0, 0.05) is 27.7 Å². The smallest absolute Gasteiger partial charge is 0.251 e. The van der Waals surface area contributed by atoms with Gasteiger partial charge in [0.2, 0.25) is 5.91 Å². The monoisotopic (exact) mass is 259 g/mol. The molecule has 18 heavy (non-hydrogen) atoms. The van der Waals surface area contributed by atoms with Crippen LogP contribution >= 0.6 is 0 Å². The third kappa shape index (κ3) is 5.46. The second kappa shape index (κ2) is 8.05. The van der Waals surface area contributed by atoms with Crippen LogP contribution in [0.4, 0.5) is 0 Å². The van der Waals surface area contributed by atoms with Crippen molar-refractivity contribution in [2.75, 3.05) is 27.7 Å². The molecule has 0 saturated heterocycles. The molecule has 0 aliphatic heterocycles. The maximum atomic E-state index is 12.0. The molecular weight excluding hydrogens is 234 g/mol. The number of ether oxygens (including phenoxy) is 1. The lowest BCUT2D eigenvalue weighted by atomic mass is 10.0. The fourth-order valence-electron chi connectivity index (χ4n) is 1.58. The van der Waals surface area contributed by atoms with E-state index in [-0.39, 0.29) is 18.4 Å². The molecule has 0 radical (unpaired) electrons. The molecule has 0 aromatic heterocycles. The molecule has 0 aromatic carbocycles. The zero-order valence-electron chi connectivity index (χ0n) is 11.9. The van der Waals surface area contributed by atoms with Crippen LogP contribution in [0.1, 0.15) is 20.3 Å². The van der Waals surface area contributed by atoms with E-state index >= 15 is 0 Å². The molecule has 106 valence electrons. The minimum Gasteiger partial charge on any atom is -0.370 e. The molecule has 3 N–H and O–H groups in total. The van der Waals surface area contributed by atoms with E-state index < -0.39 is 12.1 Å². The molecule has 0 rings (SSSR count). The minimum atomic E-state index is -0.713.